The maximum Gasteiger partial charge on any atom is 0.241 e. The number of rotatable bonds is 4. The Bertz CT molecular complexity index is 1000. The maximum absolute atomic E-state index is 13.1. The summed E-state index contributed by atoms with van der Waals surface area (Å²) in [5.41, 5.74) is 5.67. The van der Waals surface area contributed by atoms with Crippen molar-refractivity contribution in [2.24, 2.45) is 0 Å². The average Bonchev–Trinajstić information content (AvgIpc) is 2.65. The molecule has 1 heterocycles. The van der Waals surface area contributed by atoms with Gasteiger partial charge < -0.3 is 4.90 Å². The van der Waals surface area contributed by atoms with Gasteiger partial charge in [-0.3, -0.25) is 4.79 Å². The van der Waals surface area contributed by atoms with E-state index in [1.807, 2.05) is 52.0 Å². The van der Waals surface area contributed by atoms with Gasteiger partial charge in [0.2, 0.25) is 15.9 Å². The van der Waals surface area contributed by atoms with Crippen LogP contribution in [0.2, 0.25) is 0 Å². The monoisotopic (exact) mass is 400 g/mol. The van der Waals surface area contributed by atoms with Crippen LogP contribution in [0.15, 0.2) is 35.2 Å². The predicted octanol–water partition coefficient (Wildman–Crippen LogP) is 3.17. The molecule has 1 aliphatic heterocycles. The van der Waals surface area contributed by atoms with Crippen molar-refractivity contribution in [3.63, 3.8) is 0 Å². The lowest BCUT2D eigenvalue weighted by molar-refractivity contribution is -0.133. The molecule has 6 heteroatoms. The molecule has 0 unspecified atom stereocenters. The first-order valence-electron chi connectivity index (χ1n) is 9.57. The fraction of sp³-hybridized carbons (Fsp3) is 0.409. The van der Waals surface area contributed by atoms with E-state index < -0.39 is 16.1 Å². The molecule has 1 aliphatic rings. The van der Waals surface area contributed by atoms with Gasteiger partial charge in [0, 0.05) is 13.1 Å². The minimum Gasteiger partial charge on any atom is -0.337 e. The van der Waals surface area contributed by atoms with Crippen LogP contribution >= 0.6 is 0 Å². The molecule has 1 N–H and O–H groups in total. The lowest BCUT2D eigenvalue weighted by Gasteiger charge is -2.31. The van der Waals surface area contributed by atoms with E-state index in [4.69, 9.17) is 0 Å². The molecule has 0 spiro atoms. The summed E-state index contributed by atoms with van der Waals surface area (Å²) in [6.45, 7) is 10.2. The first kappa shape index (κ1) is 20.6. The Hall–Kier alpha value is -2.18. The third kappa shape index (κ3) is 3.84. The number of carbonyl (C=O) groups excluding carboxylic acids is 1. The predicted molar refractivity (Wildman–Crippen MR) is 111 cm³/mol. The van der Waals surface area contributed by atoms with E-state index in [0.717, 1.165) is 34.2 Å². The quantitative estimate of drug-likeness (QED) is 0.857. The van der Waals surface area contributed by atoms with E-state index in [1.54, 1.807) is 11.8 Å². The molecule has 5 nitrogen and oxygen atoms in total. The SMILES string of the molecule is Cc1cc(C)c(C)c(S(=O)(=O)N[C@@H](C)C(=O)N2CCc3ccccc3C2)c1C. The molecule has 28 heavy (non-hydrogen) atoms. The summed E-state index contributed by atoms with van der Waals surface area (Å²) in [6.07, 6.45) is 0.788. The molecule has 0 aliphatic carbocycles. The van der Waals surface area contributed by atoms with Crippen LogP contribution in [0.1, 0.15) is 40.3 Å². The van der Waals surface area contributed by atoms with Crippen LogP contribution in [0.3, 0.4) is 0 Å². The smallest absolute Gasteiger partial charge is 0.241 e. The summed E-state index contributed by atoms with van der Waals surface area (Å²) in [4.78, 5) is 14.9. The van der Waals surface area contributed by atoms with Gasteiger partial charge in [-0.15, -0.1) is 0 Å². The lowest BCUT2D eigenvalue weighted by Crippen LogP contribution is -2.48. The first-order valence-corrected chi connectivity index (χ1v) is 11.1. The molecule has 1 amide bonds. The van der Waals surface area contributed by atoms with E-state index in [0.29, 0.717) is 13.1 Å². The van der Waals surface area contributed by atoms with Crippen LogP contribution in [0, 0.1) is 27.7 Å². The van der Waals surface area contributed by atoms with Crippen molar-refractivity contribution in [3.8, 4) is 0 Å². The second kappa shape index (κ2) is 7.68. The number of hydrogen-bond acceptors (Lipinski definition) is 3. The number of nitrogens with zero attached hydrogens (tertiary/aromatic N) is 1. The summed E-state index contributed by atoms with van der Waals surface area (Å²) in [5.74, 6) is -0.197. The van der Waals surface area contributed by atoms with Gasteiger partial charge in [0.05, 0.1) is 10.9 Å². The third-order valence-electron chi connectivity index (χ3n) is 5.71. The zero-order valence-electron chi connectivity index (χ0n) is 17.2. The van der Waals surface area contributed by atoms with Gasteiger partial charge in [0.15, 0.2) is 0 Å². The lowest BCUT2D eigenvalue weighted by atomic mass is 9.99. The Labute approximate surface area is 167 Å². The molecule has 2 aromatic carbocycles. The van der Waals surface area contributed by atoms with Crippen molar-refractivity contribution in [3.05, 3.63) is 63.7 Å². The molecular weight excluding hydrogens is 372 g/mol. The van der Waals surface area contributed by atoms with Crippen molar-refractivity contribution in [2.75, 3.05) is 6.54 Å². The fourth-order valence-corrected chi connectivity index (χ4v) is 5.70. The van der Waals surface area contributed by atoms with E-state index >= 15 is 0 Å². The van der Waals surface area contributed by atoms with Crippen LogP contribution in [0.4, 0.5) is 0 Å². The largest absolute Gasteiger partial charge is 0.337 e. The molecule has 0 aromatic heterocycles. The molecule has 0 radical (unpaired) electrons. The highest BCUT2D eigenvalue weighted by Gasteiger charge is 2.30. The van der Waals surface area contributed by atoms with E-state index in [2.05, 4.69) is 10.8 Å². The van der Waals surface area contributed by atoms with Crippen LogP contribution in [0.5, 0.6) is 0 Å². The van der Waals surface area contributed by atoms with Crippen LogP contribution < -0.4 is 4.72 Å². The average molecular weight is 401 g/mol. The highest BCUT2D eigenvalue weighted by Crippen LogP contribution is 2.26. The first-order chi connectivity index (χ1) is 13.1. The number of carbonyl (C=O) groups is 1. The number of benzene rings is 2. The van der Waals surface area contributed by atoms with Crippen LogP contribution in [-0.4, -0.2) is 31.8 Å². The topological polar surface area (TPSA) is 66.5 Å². The second-order valence-electron chi connectivity index (χ2n) is 7.71. The molecule has 0 bridgehead atoms. The number of fused-ring (bicyclic) bond motifs is 1. The van der Waals surface area contributed by atoms with Crippen LogP contribution in [0.25, 0.3) is 0 Å². The minimum atomic E-state index is -3.81. The minimum absolute atomic E-state index is 0.197. The number of sulfonamides is 1. The highest BCUT2D eigenvalue weighted by molar-refractivity contribution is 7.89. The fourth-order valence-electron chi connectivity index (χ4n) is 3.88. The van der Waals surface area contributed by atoms with Gasteiger partial charge in [-0.25, -0.2) is 8.42 Å². The van der Waals surface area contributed by atoms with Gasteiger partial charge in [0.25, 0.3) is 0 Å². The van der Waals surface area contributed by atoms with Gasteiger partial charge in [-0.2, -0.15) is 4.72 Å². The van der Waals surface area contributed by atoms with Gasteiger partial charge >= 0.3 is 0 Å². The third-order valence-corrected chi connectivity index (χ3v) is 7.52. The van der Waals surface area contributed by atoms with Crippen molar-refractivity contribution in [1.82, 2.24) is 9.62 Å². The van der Waals surface area contributed by atoms with Crippen molar-refractivity contribution < 1.29 is 13.2 Å². The van der Waals surface area contributed by atoms with E-state index in [9.17, 15) is 13.2 Å². The number of aryl methyl sites for hydroxylation is 2. The van der Waals surface area contributed by atoms with Crippen LogP contribution in [-0.2, 0) is 27.8 Å². The summed E-state index contributed by atoms with van der Waals surface area (Å²) >= 11 is 0. The van der Waals surface area contributed by atoms with Gasteiger partial charge in [-0.1, -0.05) is 30.3 Å². The molecule has 2 aromatic rings. The van der Waals surface area contributed by atoms with Crippen molar-refractivity contribution in [2.45, 2.75) is 58.5 Å². The van der Waals surface area contributed by atoms with Gasteiger partial charge in [0.1, 0.15) is 0 Å². The summed E-state index contributed by atoms with van der Waals surface area (Å²) in [7, 11) is -3.81. The number of amides is 1. The molecule has 0 saturated heterocycles. The zero-order valence-corrected chi connectivity index (χ0v) is 18.0. The molecule has 150 valence electrons. The Balaban J connectivity index is 1.81. The van der Waals surface area contributed by atoms with Crippen molar-refractivity contribution >= 4 is 15.9 Å². The summed E-state index contributed by atoms with van der Waals surface area (Å²) in [5, 5.41) is 0. The number of nitrogens with one attached hydrogen (secondary N) is 1. The molecular formula is C22H28N2O3S. The zero-order chi connectivity index (χ0) is 20.6. The standard InChI is InChI=1S/C22H28N2O3S/c1-14-12-15(2)17(4)21(16(14)3)28(26,27)23-18(5)22(25)24-11-10-19-8-6-7-9-20(19)13-24/h6-9,12,18,23H,10-11,13H2,1-5H3/t18-/m0/s1. The van der Waals surface area contributed by atoms with Crippen molar-refractivity contribution in [1.29, 1.82) is 0 Å². The number of hydrogen-bond donors (Lipinski definition) is 1. The maximum atomic E-state index is 13.1. The Morgan fingerprint density at radius 2 is 1.61 bits per heavy atom. The molecule has 0 saturated carbocycles. The molecule has 3 rings (SSSR count). The second-order valence-corrected chi connectivity index (χ2v) is 9.36. The Morgan fingerprint density at radius 1 is 1.04 bits per heavy atom. The van der Waals surface area contributed by atoms with E-state index in [-0.39, 0.29) is 10.8 Å². The summed E-state index contributed by atoms with van der Waals surface area (Å²) < 4.78 is 28.8. The van der Waals surface area contributed by atoms with E-state index in [1.165, 1.54) is 5.56 Å². The molecule has 1 atom stereocenters. The Kier molecular flexibility index (Phi) is 5.64. The Morgan fingerprint density at radius 3 is 2.21 bits per heavy atom. The van der Waals surface area contributed by atoms with Gasteiger partial charge in [-0.05, 0) is 74.4 Å². The highest BCUT2D eigenvalue weighted by atomic mass is 32.2. The summed E-state index contributed by atoms with van der Waals surface area (Å²) in [6, 6.07) is 9.23. The molecule has 0 fully saturated rings. The normalized spacial score (nSPS) is 15.2.